The van der Waals surface area contributed by atoms with E-state index >= 15 is 0 Å². The summed E-state index contributed by atoms with van der Waals surface area (Å²) in [6, 6.07) is -0.595. The predicted molar refractivity (Wildman–Crippen MR) is 78.0 cm³/mol. The highest BCUT2D eigenvalue weighted by Gasteiger charge is 2.47. The quantitative estimate of drug-likeness (QED) is 0.658. The zero-order valence-corrected chi connectivity index (χ0v) is 13.4. The van der Waals surface area contributed by atoms with Gasteiger partial charge in [-0.15, -0.1) is 0 Å². The number of hydrogen-bond donors (Lipinski definition) is 2. The van der Waals surface area contributed by atoms with Crippen LogP contribution in [0.5, 0.6) is 0 Å². The van der Waals surface area contributed by atoms with Crippen molar-refractivity contribution < 1.29 is 23.3 Å². The molecule has 0 aromatic heterocycles. The van der Waals surface area contributed by atoms with Gasteiger partial charge in [-0.25, -0.2) is 4.79 Å². The third-order valence-corrected chi connectivity index (χ3v) is 5.39. The molecule has 1 fully saturated rings. The van der Waals surface area contributed by atoms with Gasteiger partial charge in [-0.05, 0) is 32.1 Å². The molecule has 0 spiro atoms. The minimum Gasteiger partial charge on any atom is -0.469 e. The molecule has 2 atom stereocenters. The molecular weight excluding hydrogens is 296 g/mol. The highest BCUT2D eigenvalue weighted by molar-refractivity contribution is 7.86. The molecule has 1 rings (SSSR count). The van der Waals surface area contributed by atoms with Crippen molar-refractivity contribution in [2.24, 2.45) is 5.41 Å². The number of hydrogen-bond acceptors (Lipinski definition) is 5. The zero-order valence-electron chi connectivity index (χ0n) is 12.6. The first-order chi connectivity index (χ1) is 9.83. The topological polar surface area (TPSA) is 102 Å². The van der Waals surface area contributed by atoms with Crippen LogP contribution in [0.4, 0.5) is 4.79 Å². The first kappa shape index (κ1) is 17.6. The number of nitrogens with one attached hydrogen (secondary N) is 2. The summed E-state index contributed by atoms with van der Waals surface area (Å²) in [4.78, 5) is 34.4. The number of imide groups is 1. The summed E-state index contributed by atoms with van der Waals surface area (Å²) in [6.45, 7) is 3.65. The van der Waals surface area contributed by atoms with Gasteiger partial charge in [0.15, 0.2) is 0 Å². The minimum atomic E-state index is -1.44. The summed E-state index contributed by atoms with van der Waals surface area (Å²) >= 11 is 0. The Balaban J connectivity index is 2.49. The van der Waals surface area contributed by atoms with Crippen LogP contribution in [-0.4, -0.2) is 46.8 Å². The standard InChI is InChI=1S/C13H22N2O5S/c1-4-14-12(18)15-11(17)9(2)21(19)8-13(5-6-13)7-10(16)20-3/h9H,4-8H2,1-3H3,(H2,14,15,17,18). The largest absolute Gasteiger partial charge is 0.469 e. The van der Waals surface area contributed by atoms with Gasteiger partial charge < -0.3 is 10.1 Å². The predicted octanol–water partition coefficient (Wildman–Crippen LogP) is 0.313. The number of carbonyl (C=O) groups is 3. The van der Waals surface area contributed by atoms with E-state index in [1.165, 1.54) is 14.0 Å². The van der Waals surface area contributed by atoms with E-state index in [4.69, 9.17) is 0 Å². The molecule has 0 aromatic carbocycles. The third-order valence-electron chi connectivity index (χ3n) is 3.49. The van der Waals surface area contributed by atoms with Gasteiger partial charge in [0, 0.05) is 23.1 Å². The summed E-state index contributed by atoms with van der Waals surface area (Å²) in [6.07, 6.45) is 1.83. The molecule has 2 unspecified atom stereocenters. The SMILES string of the molecule is CCNC(=O)NC(=O)C(C)S(=O)CC1(CC(=O)OC)CC1. The lowest BCUT2D eigenvalue weighted by atomic mass is 10.1. The lowest BCUT2D eigenvalue weighted by Gasteiger charge is -2.16. The van der Waals surface area contributed by atoms with Gasteiger partial charge in [0.1, 0.15) is 5.25 Å². The fourth-order valence-corrected chi connectivity index (χ4v) is 3.43. The van der Waals surface area contributed by atoms with E-state index in [1.54, 1.807) is 6.92 Å². The van der Waals surface area contributed by atoms with Gasteiger partial charge in [-0.1, -0.05) is 0 Å². The van der Waals surface area contributed by atoms with E-state index in [0.29, 0.717) is 6.54 Å². The molecule has 0 bridgehead atoms. The number of urea groups is 1. The van der Waals surface area contributed by atoms with Crippen molar-refractivity contribution in [3.8, 4) is 0 Å². The summed E-state index contributed by atoms with van der Waals surface area (Å²) < 4.78 is 16.8. The summed E-state index contributed by atoms with van der Waals surface area (Å²) in [7, 11) is -0.123. The van der Waals surface area contributed by atoms with E-state index in [0.717, 1.165) is 12.8 Å². The van der Waals surface area contributed by atoms with Crippen molar-refractivity contribution in [2.45, 2.75) is 38.4 Å². The molecule has 120 valence electrons. The molecule has 0 radical (unpaired) electrons. The monoisotopic (exact) mass is 318 g/mol. The van der Waals surface area contributed by atoms with Gasteiger partial charge in [-0.3, -0.25) is 19.1 Å². The van der Waals surface area contributed by atoms with E-state index in [9.17, 15) is 18.6 Å². The molecule has 7 nitrogen and oxygen atoms in total. The molecule has 0 aliphatic heterocycles. The lowest BCUT2D eigenvalue weighted by molar-refractivity contribution is -0.141. The van der Waals surface area contributed by atoms with Crippen LogP contribution >= 0.6 is 0 Å². The van der Waals surface area contributed by atoms with Crippen LogP contribution < -0.4 is 10.6 Å². The highest BCUT2D eigenvalue weighted by atomic mass is 32.2. The van der Waals surface area contributed by atoms with Crippen molar-refractivity contribution in [3.05, 3.63) is 0 Å². The number of amides is 3. The van der Waals surface area contributed by atoms with Crippen LogP contribution in [0.2, 0.25) is 0 Å². The molecule has 2 N–H and O–H groups in total. The Bertz CT molecular complexity index is 448. The van der Waals surface area contributed by atoms with Crippen LogP contribution in [0.25, 0.3) is 0 Å². The van der Waals surface area contributed by atoms with E-state index < -0.39 is 28.0 Å². The van der Waals surface area contributed by atoms with Crippen LogP contribution in [-0.2, 0) is 25.1 Å². The zero-order chi connectivity index (χ0) is 16.0. The molecule has 3 amide bonds. The third kappa shape index (κ3) is 5.45. The van der Waals surface area contributed by atoms with Crippen molar-refractivity contribution in [1.29, 1.82) is 0 Å². The Morgan fingerprint density at radius 3 is 2.43 bits per heavy atom. The second-order valence-electron chi connectivity index (χ2n) is 5.27. The molecule has 21 heavy (non-hydrogen) atoms. The normalized spacial score (nSPS) is 18.2. The molecule has 0 aromatic rings. The van der Waals surface area contributed by atoms with Crippen LogP contribution in [0.3, 0.4) is 0 Å². The molecule has 1 saturated carbocycles. The van der Waals surface area contributed by atoms with Gasteiger partial charge in [0.05, 0.1) is 13.5 Å². The van der Waals surface area contributed by atoms with E-state index in [-0.39, 0.29) is 23.6 Å². The highest BCUT2D eigenvalue weighted by Crippen LogP contribution is 2.49. The van der Waals surface area contributed by atoms with Gasteiger partial charge in [-0.2, -0.15) is 0 Å². The number of carbonyl (C=O) groups excluding carboxylic acids is 3. The first-order valence-electron chi connectivity index (χ1n) is 6.86. The maximum Gasteiger partial charge on any atom is 0.321 e. The van der Waals surface area contributed by atoms with Crippen molar-refractivity contribution >= 4 is 28.7 Å². The fourth-order valence-electron chi connectivity index (χ4n) is 1.89. The molecule has 1 aliphatic carbocycles. The Hall–Kier alpha value is -1.44. The number of ether oxygens (including phenoxy) is 1. The van der Waals surface area contributed by atoms with Gasteiger partial charge >= 0.3 is 12.0 Å². The molecule has 0 saturated heterocycles. The van der Waals surface area contributed by atoms with E-state index in [1.807, 2.05) is 0 Å². The average Bonchev–Trinajstić information content (AvgIpc) is 3.16. The van der Waals surface area contributed by atoms with Gasteiger partial charge in [0.25, 0.3) is 0 Å². The molecule has 8 heteroatoms. The van der Waals surface area contributed by atoms with Crippen LogP contribution in [0.15, 0.2) is 0 Å². The second-order valence-corrected chi connectivity index (χ2v) is 7.03. The Labute approximate surface area is 126 Å². The average molecular weight is 318 g/mol. The number of esters is 1. The summed E-state index contributed by atoms with van der Waals surface area (Å²) in [5.41, 5.74) is -0.307. The van der Waals surface area contributed by atoms with Crippen molar-refractivity contribution in [2.75, 3.05) is 19.4 Å². The Kier molecular flexibility index (Phi) is 6.32. The van der Waals surface area contributed by atoms with Crippen LogP contribution in [0, 0.1) is 5.41 Å². The first-order valence-corrected chi connectivity index (χ1v) is 8.24. The second kappa shape index (κ2) is 7.53. The lowest BCUT2D eigenvalue weighted by Crippen LogP contribution is -2.45. The van der Waals surface area contributed by atoms with Gasteiger partial charge in [0.2, 0.25) is 5.91 Å². The van der Waals surface area contributed by atoms with E-state index in [2.05, 4.69) is 15.4 Å². The molecular formula is C13H22N2O5S. The number of rotatable bonds is 7. The van der Waals surface area contributed by atoms with Crippen molar-refractivity contribution in [3.63, 3.8) is 0 Å². The maximum atomic E-state index is 12.2. The smallest absolute Gasteiger partial charge is 0.321 e. The summed E-state index contributed by atoms with van der Waals surface area (Å²) in [5, 5.41) is 3.78. The fraction of sp³-hybridized carbons (Fsp3) is 0.769. The van der Waals surface area contributed by atoms with Crippen LogP contribution in [0.1, 0.15) is 33.1 Å². The molecule has 0 heterocycles. The Morgan fingerprint density at radius 1 is 1.33 bits per heavy atom. The van der Waals surface area contributed by atoms with Crippen molar-refractivity contribution in [1.82, 2.24) is 10.6 Å². The number of methoxy groups -OCH3 is 1. The Morgan fingerprint density at radius 2 is 1.95 bits per heavy atom. The minimum absolute atomic E-state index is 0.222. The molecule has 1 aliphatic rings. The maximum absolute atomic E-state index is 12.2. The summed E-state index contributed by atoms with van der Waals surface area (Å²) in [5.74, 6) is -0.636.